The van der Waals surface area contributed by atoms with E-state index in [1.54, 1.807) is 0 Å². The molecular formula is C12H22N2O2. The minimum absolute atomic E-state index is 0.0409. The Bertz CT molecular complexity index is 243. The first kappa shape index (κ1) is 11.9. The van der Waals surface area contributed by atoms with Crippen LogP contribution in [-0.4, -0.2) is 37.2 Å². The number of carbonyl (C=O) groups is 1. The van der Waals surface area contributed by atoms with Gasteiger partial charge in [-0.15, -0.1) is 0 Å². The molecule has 4 heteroatoms. The van der Waals surface area contributed by atoms with Crippen LogP contribution in [0.15, 0.2) is 0 Å². The molecule has 0 spiro atoms. The Hall–Kier alpha value is -0.610. The first-order chi connectivity index (χ1) is 7.68. The zero-order chi connectivity index (χ0) is 11.4. The van der Waals surface area contributed by atoms with Crippen molar-refractivity contribution in [2.24, 2.45) is 0 Å². The molecule has 1 aliphatic heterocycles. The van der Waals surface area contributed by atoms with E-state index in [9.17, 15) is 4.79 Å². The highest BCUT2D eigenvalue weighted by Gasteiger charge is 2.30. The van der Waals surface area contributed by atoms with Gasteiger partial charge in [-0.2, -0.15) is 0 Å². The van der Waals surface area contributed by atoms with Gasteiger partial charge < -0.3 is 15.4 Å². The van der Waals surface area contributed by atoms with E-state index in [1.165, 1.54) is 12.8 Å². The van der Waals surface area contributed by atoms with E-state index < -0.39 is 0 Å². The van der Waals surface area contributed by atoms with Crippen molar-refractivity contribution >= 4 is 5.91 Å². The van der Waals surface area contributed by atoms with E-state index in [4.69, 9.17) is 4.74 Å². The second-order valence-corrected chi connectivity index (χ2v) is 5.22. The van der Waals surface area contributed by atoms with Crippen molar-refractivity contribution in [1.82, 2.24) is 10.6 Å². The number of morpholine rings is 1. The average molecular weight is 226 g/mol. The molecule has 0 radical (unpaired) electrons. The molecule has 2 rings (SSSR count). The Kier molecular flexibility index (Phi) is 3.82. The zero-order valence-electron chi connectivity index (χ0n) is 10.1. The Morgan fingerprint density at radius 3 is 2.88 bits per heavy atom. The summed E-state index contributed by atoms with van der Waals surface area (Å²) in [5.74, 6) is 0.137. The molecule has 4 nitrogen and oxygen atoms in total. The largest absolute Gasteiger partial charge is 0.375 e. The molecular weight excluding hydrogens is 204 g/mol. The molecule has 1 atom stereocenters. The molecule has 2 aliphatic rings. The molecule has 1 heterocycles. The minimum Gasteiger partial charge on any atom is -0.375 e. The zero-order valence-corrected chi connectivity index (χ0v) is 10.1. The Morgan fingerprint density at radius 2 is 2.25 bits per heavy atom. The van der Waals surface area contributed by atoms with Crippen molar-refractivity contribution < 1.29 is 9.53 Å². The molecule has 0 bridgehead atoms. The van der Waals surface area contributed by atoms with Crippen LogP contribution in [0.1, 0.15) is 39.0 Å². The van der Waals surface area contributed by atoms with Gasteiger partial charge in [0.2, 0.25) is 5.91 Å². The van der Waals surface area contributed by atoms with Crippen LogP contribution in [0, 0.1) is 0 Å². The second kappa shape index (κ2) is 5.15. The predicted molar refractivity (Wildman–Crippen MR) is 62.2 cm³/mol. The third-order valence-electron chi connectivity index (χ3n) is 3.57. The van der Waals surface area contributed by atoms with Crippen molar-refractivity contribution in [3.05, 3.63) is 0 Å². The Labute approximate surface area is 97.1 Å². The molecule has 2 fully saturated rings. The fourth-order valence-corrected chi connectivity index (χ4v) is 2.63. The molecule has 92 valence electrons. The number of ether oxygens (including phenoxy) is 1. The molecule has 0 aromatic rings. The third kappa shape index (κ3) is 3.19. The number of nitrogens with one attached hydrogen (secondary N) is 2. The van der Waals surface area contributed by atoms with Gasteiger partial charge in [0, 0.05) is 18.6 Å². The SMILES string of the molecule is CC1(NC(=O)CC2CNCCO2)CCCC1. The van der Waals surface area contributed by atoms with E-state index in [1.807, 2.05) is 0 Å². The van der Waals surface area contributed by atoms with E-state index in [-0.39, 0.29) is 17.6 Å². The first-order valence-corrected chi connectivity index (χ1v) is 6.31. The lowest BCUT2D eigenvalue weighted by atomic mass is 10.0. The van der Waals surface area contributed by atoms with Crippen LogP contribution in [0.4, 0.5) is 0 Å². The summed E-state index contributed by atoms with van der Waals surface area (Å²) in [6, 6.07) is 0. The number of hydrogen-bond donors (Lipinski definition) is 2. The summed E-state index contributed by atoms with van der Waals surface area (Å²) in [5, 5.41) is 6.39. The van der Waals surface area contributed by atoms with Crippen LogP contribution >= 0.6 is 0 Å². The van der Waals surface area contributed by atoms with Crippen molar-refractivity contribution in [1.29, 1.82) is 0 Å². The summed E-state index contributed by atoms with van der Waals surface area (Å²) in [6.07, 6.45) is 5.24. The third-order valence-corrected chi connectivity index (χ3v) is 3.57. The second-order valence-electron chi connectivity index (χ2n) is 5.22. The van der Waals surface area contributed by atoms with E-state index in [0.29, 0.717) is 6.42 Å². The predicted octanol–water partition coefficient (Wildman–Crippen LogP) is 0.814. The quantitative estimate of drug-likeness (QED) is 0.749. The fourth-order valence-electron chi connectivity index (χ4n) is 2.63. The topological polar surface area (TPSA) is 50.4 Å². The summed E-state index contributed by atoms with van der Waals surface area (Å²) in [5.41, 5.74) is 0.0409. The van der Waals surface area contributed by atoms with Crippen LogP contribution in [0.25, 0.3) is 0 Å². The van der Waals surface area contributed by atoms with E-state index in [2.05, 4.69) is 17.6 Å². The summed E-state index contributed by atoms with van der Waals surface area (Å²) in [6.45, 7) is 4.56. The van der Waals surface area contributed by atoms with Gasteiger partial charge in [0.05, 0.1) is 19.1 Å². The van der Waals surface area contributed by atoms with Gasteiger partial charge in [-0.3, -0.25) is 4.79 Å². The lowest BCUT2D eigenvalue weighted by Crippen LogP contribution is -2.47. The van der Waals surface area contributed by atoms with E-state index >= 15 is 0 Å². The summed E-state index contributed by atoms with van der Waals surface area (Å²) >= 11 is 0. The van der Waals surface area contributed by atoms with E-state index in [0.717, 1.165) is 32.5 Å². The maximum absolute atomic E-state index is 11.9. The summed E-state index contributed by atoms with van der Waals surface area (Å²) < 4.78 is 5.52. The molecule has 0 aromatic carbocycles. The van der Waals surface area contributed by atoms with Gasteiger partial charge in [-0.05, 0) is 19.8 Å². The van der Waals surface area contributed by atoms with Crippen LogP contribution < -0.4 is 10.6 Å². The van der Waals surface area contributed by atoms with Gasteiger partial charge in [-0.1, -0.05) is 12.8 Å². The monoisotopic (exact) mass is 226 g/mol. The van der Waals surface area contributed by atoms with Crippen LogP contribution in [0.2, 0.25) is 0 Å². The van der Waals surface area contributed by atoms with Gasteiger partial charge in [0.25, 0.3) is 0 Å². The lowest BCUT2D eigenvalue weighted by molar-refractivity contribution is -0.126. The smallest absolute Gasteiger partial charge is 0.223 e. The van der Waals surface area contributed by atoms with Crippen molar-refractivity contribution in [2.75, 3.05) is 19.7 Å². The Morgan fingerprint density at radius 1 is 1.50 bits per heavy atom. The van der Waals surface area contributed by atoms with Crippen molar-refractivity contribution in [3.63, 3.8) is 0 Å². The van der Waals surface area contributed by atoms with Gasteiger partial charge >= 0.3 is 0 Å². The van der Waals surface area contributed by atoms with Crippen LogP contribution in [-0.2, 0) is 9.53 Å². The molecule has 1 aliphatic carbocycles. The van der Waals surface area contributed by atoms with Gasteiger partial charge in [0.1, 0.15) is 0 Å². The number of amides is 1. The number of rotatable bonds is 3. The molecule has 16 heavy (non-hydrogen) atoms. The molecule has 1 unspecified atom stereocenters. The molecule has 2 N–H and O–H groups in total. The molecule has 1 saturated carbocycles. The van der Waals surface area contributed by atoms with Crippen molar-refractivity contribution in [2.45, 2.75) is 50.7 Å². The highest BCUT2D eigenvalue weighted by atomic mass is 16.5. The maximum atomic E-state index is 11.9. The molecule has 1 amide bonds. The Balaban J connectivity index is 1.74. The molecule has 0 aromatic heterocycles. The van der Waals surface area contributed by atoms with Crippen LogP contribution in [0.5, 0.6) is 0 Å². The highest BCUT2D eigenvalue weighted by molar-refractivity contribution is 5.77. The van der Waals surface area contributed by atoms with Crippen molar-refractivity contribution in [3.8, 4) is 0 Å². The van der Waals surface area contributed by atoms with Gasteiger partial charge in [0.15, 0.2) is 0 Å². The fraction of sp³-hybridized carbons (Fsp3) is 0.917. The summed E-state index contributed by atoms with van der Waals surface area (Å²) in [4.78, 5) is 11.9. The highest BCUT2D eigenvalue weighted by Crippen LogP contribution is 2.28. The molecule has 1 saturated heterocycles. The maximum Gasteiger partial charge on any atom is 0.223 e. The standard InChI is InChI=1S/C12H22N2O2/c1-12(4-2-3-5-12)14-11(15)8-10-9-13-6-7-16-10/h10,13H,2-9H2,1H3,(H,14,15). The number of carbonyl (C=O) groups excluding carboxylic acids is 1. The normalized spacial score (nSPS) is 28.9. The lowest BCUT2D eigenvalue weighted by Gasteiger charge is -2.28. The average Bonchev–Trinajstić information content (AvgIpc) is 2.66. The minimum atomic E-state index is 0.0409. The van der Waals surface area contributed by atoms with Crippen LogP contribution in [0.3, 0.4) is 0 Å². The van der Waals surface area contributed by atoms with Gasteiger partial charge in [-0.25, -0.2) is 0 Å². The number of hydrogen-bond acceptors (Lipinski definition) is 3. The summed E-state index contributed by atoms with van der Waals surface area (Å²) in [7, 11) is 0. The first-order valence-electron chi connectivity index (χ1n) is 6.31.